The van der Waals surface area contributed by atoms with E-state index in [2.05, 4.69) is 216 Å². The minimum absolute atomic E-state index is 0.235. The molecule has 0 N–H and O–H groups in total. The Hall–Kier alpha value is -7.36. The van der Waals surface area contributed by atoms with Gasteiger partial charge in [0.15, 0.2) is 0 Å². The van der Waals surface area contributed by atoms with E-state index in [4.69, 9.17) is 4.42 Å². The first-order chi connectivity index (χ1) is 28.3. The summed E-state index contributed by atoms with van der Waals surface area (Å²) in [4.78, 5) is 4.85. The van der Waals surface area contributed by atoms with Gasteiger partial charge in [0.2, 0.25) is 0 Å². The average molecular weight is 731 g/mol. The van der Waals surface area contributed by atoms with Crippen LogP contribution in [-0.4, -0.2) is 6.04 Å². The van der Waals surface area contributed by atoms with E-state index in [0.717, 1.165) is 39.0 Å². The Bertz CT molecular complexity index is 2970. The summed E-state index contributed by atoms with van der Waals surface area (Å²) in [6.07, 6.45) is 9.05. The molecule has 0 spiro atoms. The van der Waals surface area contributed by atoms with E-state index in [9.17, 15) is 0 Å². The maximum atomic E-state index is 6.41. The normalized spacial score (nSPS) is 15.5. The van der Waals surface area contributed by atoms with Gasteiger partial charge >= 0.3 is 0 Å². The fourth-order valence-electron chi connectivity index (χ4n) is 8.98. The fourth-order valence-corrected chi connectivity index (χ4v) is 8.98. The SMILES string of the molecule is C1=CC2c3ccccc3N(c3ccccc3-c3ccc(N(c4ccc(-c5ccccc5-c5ccccc5)cc4)c4ccc5c(c4)oc4ccccc45)cc3)C2C=C1. The second kappa shape index (κ2) is 13.7. The number of para-hydroxylation sites is 3. The van der Waals surface area contributed by atoms with Crippen LogP contribution in [0.4, 0.5) is 28.4 Å². The third kappa shape index (κ3) is 5.67. The van der Waals surface area contributed by atoms with E-state index in [0.29, 0.717) is 5.92 Å². The van der Waals surface area contributed by atoms with Gasteiger partial charge in [0, 0.05) is 56.8 Å². The average Bonchev–Trinajstić information content (AvgIpc) is 3.83. The van der Waals surface area contributed by atoms with Gasteiger partial charge in [-0.05, 0) is 88.0 Å². The number of allylic oxidation sites excluding steroid dienone is 2. The van der Waals surface area contributed by atoms with Gasteiger partial charge in [0.05, 0.1) is 6.04 Å². The summed E-state index contributed by atoms with van der Waals surface area (Å²) in [6.45, 7) is 0. The lowest BCUT2D eigenvalue weighted by Crippen LogP contribution is -2.28. The molecule has 0 amide bonds. The number of nitrogens with zero attached hydrogens (tertiary/aromatic N) is 2. The van der Waals surface area contributed by atoms with Gasteiger partial charge in [-0.25, -0.2) is 0 Å². The predicted octanol–water partition coefficient (Wildman–Crippen LogP) is 14.8. The Morgan fingerprint density at radius 1 is 0.404 bits per heavy atom. The number of anilines is 5. The summed E-state index contributed by atoms with van der Waals surface area (Å²) in [5, 5.41) is 2.24. The first kappa shape index (κ1) is 33.0. The van der Waals surface area contributed by atoms with E-state index in [-0.39, 0.29) is 6.04 Å². The van der Waals surface area contributed by atoms with Gasteiger partial charge in [0.25, 0.3) is 0 Å². The third-order valence-corrected chi connectivity index (χ3v) is 11.6. The van der Waals surface area contributed by atoms with Gasteiger partial charge in [-0.15, -0.1) is 0 Å². The van der Waals surface area contributed by atoms with E-state index in [1.54, 1.807) is 0 Å². The molecule has 8 aromatic carbocycles. The number of benzene rings is 8. The van der Waals surface area contributed by atoms with E-state index >= 15 is 0 Å². The lowest BCUT2D eigenvalue weighted by molar-refractivity contribution is 0.669. The third-order valence-electron chi connectivity index (χ3n) is 11.6. The molecule has 11 rings (SSSR count). The molecule has 9 aromatic rings. The molecule has 0 bridgehead atoms. The zero-order valence-electron chi connectivity index (χ0n) is 31.2. The number of fused-ring (bicyclic) bond motifs is 6. The van der Waals surface area contributed by atoms with Crippen LogP contribution in [0.3, 0.4) is 0 Å². The van der Waals surface area contributed by atoms with Crippen molar-refractivity contribution in [2.24, 2.45) is 0 Å². The van der Waals surface area contributed by atoms with Crippen molar-refractivity contribution in [1.82, 2.24) is 0 Å². The van der Waals surface area contributed by atoms with E-state index in [1.165, 1.54) is 50.3 Å². The van der Waals surface area contributed by atoms with E-state index in [1.807, 2.05) is 12.1 Å². The maximum Gasteiger partial charge on any atom is 0.137 e. The highest BCUT2D eigenvalue weighted by atomic mass is 16.3. The summed E-state index contributed by atoms with van der Waals surface area (Å²) in [5.74, 6) is 0.331. The molecule has 270 valence electrons. The molecule has 2 atom stereocenters. The molecule has 0 saturated heterocycles. The molecule has 3 heteroatoms. The summed E-state index contributed by atoms with van der Waals surface area (Å²) in [6, 6.07) is 70.0. The van der Waals surface area contributed by atoms with E-state index < -0.39 is 0 Å². The Morgan fingerprint density at radius 2 is 0.947 bits per heavy atom. The topological polar surface area (TPSA) is 19.6 Å². The van der Waals surface area contributed by atoms with Crippen molar-refractivity contribution in [3.8, 4) is 33.4 Å². The van der Waals surface area contributed by atoms with Crippen molar-refractivity contribution >= 4 is 50.4 Å². The van der Waals surface area contributed by atoms with Gasteiger partial charge < -0.3 is 14.2 Å². The number of furan rings is 1. The Balaban J connectivity index is 1.00. The molecule has 2 aliphatic rings. The summed E-state index contributed by atoms with van der Waals surface area (Å²) < 4.78 is 6.41. The quantitative estimate of drug-likeness (QED) is 0.163. The zero-order chi connectivity index (χ0) is 37.7. The van der Waals surface area contributed by atoms with Crippen LogP contribution in [0.5, 0.6) is 0 Å². The largest absolute Gasteiger partial charge is 0.456 e. The lowest BCUT2D eigenvalue weighted by Gasteiger charge is -2.30. The molecule has 3 nitrogen and oxygen atoms in total. The van der Waals surface area contributed by atoms with Crippen LogP contribution in [0, 0.1) is 0 Å². The molecular weight excluding hydrogens is 693 g/mol. The Kier molecular flexibility index (Phi) is 7.96. The molecule has 1 aliphatic heterocycles. The molecule has 2 unspecified atom stereocenters. The predicted molar refractivity (Wildman–Crippen MR) is 238 cm³/mol. The summed E-state index contributed by atoms with van der Waals surface area (Å²) in [5.41, 5.74) is 16.0. The van der Waals surface area contributed by atoms with Crippen LogP contribution in [-0.2, 0) is 0 Å². The molecule has 1 aliphatic carbocycles. The van der Waals surface area contributed by atoms with Gasteiger partial charge in [-0.2, -0.15) is 0 Å². The van der Waals surface area contributed by atoms with Crippen LogP contribution in [0.25, 0.3) is 55.3 Å². The van der Waals surface area contributed by atoms with Crippen molar-refractivity contribution in [3.63, 3.8) is 0 Å². The smallest absolute Gasteiger partial charge is 0.137 e. The first-order valence-electron chi connectivity index (χ1n) is 19.7. The van der Waals surface area contributed by atoms with Crippen LogP contribution >= 0.6 is 0 Å². The Labute approximate surface area is 332 Å². The van der Waals surface area contributed by atoms with Crippen LogP contribution in [0.1, 0.15) is 11.5 Å². The maximum absolute atomic E-state index is 6.41. The molecule has 0 saturated carbocycles. The van der Waals surface area contributed by atoms with Crippen LogP contribution in [0.15, 0.2) is 223 Å². The fraction of sp³-hybridized carbons (Fsp3) is 0.0370. The van der Waals surface area contributed by atoms with Gasteiger partial charge in [0.1, 0.15) is 11.2 Å². The second-order valence-electron chi connectivity index (χ2n) is 14.9. The van der Waals surface area contributed by atoms with Gasteiger partial charge in [-0.3, -0.25) is 0 Å². The van der Waals surface area contributed by atoms with Crippen LogP contribution < -0.4 is 9.80 Å². The standard InChI is InChI=1S/C54H38N2O/c1-2-14-37(15-3-1)43-16-4-5-17-44(43)38-26-30-40(31-27-38)55(42-34-35-49-48-21-9-13-25-53(48)57-54(49)36-42)41-32-28-39(29-33-41)45-18-6-10-22-50(45)56-51-23-11-7-19-46(51)47-20-8-12-24-52(47)56/h1-36,46,51H. The van der Waals surface area contributed by atoms with Crippen molar-refractivity contribution < 1.29 is 4.42 Å². The molecule has 1 aromatic heterocycles. The highest BCUT2D eigenvalue weighted by Crippen LogP contribution is 2.50. The number of hydrogen-bond donors (Lipinski definition) is 0. The van der Waals surface area contributed by atoms with Crippen molar-refractivity contribution in [2.75, 3.05) is 9.80 Å². The molecule has 0 fully saturated rings. The molecule has 57 heavy (non-hydrogen) atoms. The number of rotatable bonds is 7. The van der Waals surface area contributed by atoms with Crippen molar-refractivity contribution in [1.29, 1.82) is 0 Å². The highest BCUT2D eigenvalue weighted by molar-refractivity contribution is 6.06. The molecule has 2 heterocycles. The summed E-state index contributed by atoms with van der Waals surface area (Å²) in [7, 11) is 0. The van der Waals surface area contributed by atoms with Crippen LogP contribution in [0.2, 0.25) is 0 Å². The molecule has 0 radical (unpaired) electrons. The minimum atomic E-state index is 0.235. The van der Waals surface area contributed by atoms with Crippen molar-refractivity contribution in [3.05, 3.63) is 224 Å². The van der Waals surface area contributed by atoms with Gasteiger partial charge in [-0.1, -0.05) is 158 Å². The summed E-state index contributed by atoms with van der Waals surface area (Å²) >= 11 is 0. The lowest BCUT2D eigenvalue weighted by atomic mass is 9.91. The number of hydrogen-bond acceptors (Lipinski definition) is 3. The zero-order valence-corrected chi connectivity index (χ0v) is 31.2. The highest BCUT2D eigenvalue weighted by Gasteiger charge is 2.37. The molecular formula is C54H38N2O. The van der Waals surface area contributed by atoms with Crippen molar-refractivity contribution in [2.45, 2.75) is 12.0 Å². The Morgan fingerprint density at radius 3 is 1.70 bits per heavy atom. The minimum Gasteiger partial charge on any atom is -0.456 e. The second-order valence-corrected chi connectivity index (χ2v) is 14.9. The monoisotopic (exact) mass is 730 g/mol. The first-order valence-corrected chi connectivity index (χ1v) is 19.7.